The maximum atomic E-state index is 13.1. The first-order chi connectivity index (χ1) is 10.7. The maximum Gasteiger partial charge on any atom is 0.172 e. The second kappa shape index (κ2) is 5.77. The van der Waals surface area contributed by atoms with E-state index in [0.717, 1.165) is 5.56 Å². The highest BCUT2D eigenvalue weighted by Gasteiger charge is 2.16. The third kappa shape index (κ3) is 2.46. The van der Waals surface area contributed by atoms with Gasteiger partial charge in [0.1, 0.15) is 17.3 Å². The monoisotopic (exact) mass is 297 g/mol. The zero-order valence-electron chi connectivity index (χ0n) is 11.7. The molecular formula is C16H12FN3O2. The topological polar surface area (TPSA) is 57.0 Å². The Bertz CT molecular complexity index is 813. The molecule has 5 nitrogen and oxygen atoms in total. The Morgan fingerprint density at radius 1 is 1.18 bits per heavy atom. The van der Waals surface area contributed by atoms with E-state index in [9.17, 15) is 9.18 Å². The van der Waals surface area contributed by atoms with Gasteiger partial charge in [0, 0.05) is 5.56 Å². The van der Waals surface area contributed by atoms with Crippen molar-refractivity contribution in [2.45, 2.75) is 0 Å². The molecule has 0 fully saturated rings. The molecular weight excluding hydrogens is 285 g/mol. The highest BCUT2D eigenvalue weighted by Crippen LogP contribution is 2.27. The molecule has 0 aliphatic rings. The van der Waals surface area contributed by atoms with Gasteiger partial charge in [-0.3, -0.25) is 4.79 Å². The number of carbonyl (C=O) groups is 1. The average Bonchev–Trinajstić information content (AvgIpc) is 2.99. The minimum atomic E-state index is -0.345. The van der Waals surface area contributed by atoms with Crippen molar-refractivity contribution < 1.29 is 13.9 Å². The minimum absolute atomic E-state index is 0.206. The quantitative estimate of drug-likeness (QED) is 0.695. The number of carbonyl (C=O) groups excluding carboxylic acids is 1. The van der Waals surface area contributed by atoms with E-state index < -0.39 is 0 Å². The standard InChI is InChI=1S/C16H12FN3O2/c1-22-14-4-2-3-11(9-14)16-15(10-21)18-19-20(16)13-7-5-12(17)6-8-13/h2-10H,1H3. The molecule has 0 aliphatic carbocycles. The molecule has 0 spiro atoms. The molecule has 1 heterocycles. The van der Waals surface area contributed by atoms with E-state index in [4.69, 9.17) is 4.74 Å². The van der Waals surface area contributed by atoms with E-state index in [1.807, 2.05) is 12.1 Å². The first kappa shape index (κ1) is 13.9. The molecule has 22 heavy (non-hydrogen) atoms. The summed E-state index contributed by atoms with van der Waals surface area (Å²) < 4.78 is 19.8. The summed E-state index contributed by atoms with van der Waals surface area (Å²) in [6.07, 6.45) is 0.641. The average molecular weight is 297 g/mol. The van der Waals surface area contributed by atoms with Crippen LogP contribution in [0.1, 0.15) is 10.5 Å². The summed E-state index contributed by atoms with van der Waals surface area (Å²) in [5.74, 6) is 0.309. The molecule has 6 heteroatoms. The van der Waals surface area contributed by atoms with Crippen LogP contribution >= 0.6 is 0 Å². The van der Waals surface area contributed by atoms with Crippen molar-refractivity contribution in [1.82, 2.24) is 15.0 Å². The lowest BCUT2D eigenvalue weighted by Crippen LogP contribution is -2.00. The number of methoxy groups -OCH3 is 1. The molecule has 0 N–H and O–H groups in total. The molecule has 3 aromatic rings. The Hall–Kier alpha value is -3.02. The molecule has 0 atom stereocenters. The summed E-state index contributed by atoms with van der Waals surface area (Å²) in [6.45, 7) is 0. The molecule has 0 saturated carbocycles. The second-order valence-corrected chi connectivity index (χ2v) is 4.56. The minimum Gasteiger partial charge on any atom is -0.497 e. The zero-order valence-corrected chi connectivity index (χ0v) is 11.7. The maximum absolute atomic E-state index is 13.1. The van der Waals surface area contributed by atoms with E-state index in [0.29, 0.717) is 23.4 Å². The number of rotatable bonds is 4. The summed E-state index contributed by atoms with van der Waals surface area (Å²) in [5, 5.41) is 7.87. The first-order valence-corrected chi connectivity index (χ1v) is 6.54. The molecule has 2 aromatic carbocycles. The molecule has 0 bridgehead atoms. The third-order valence-corrected chi connectivity index (χ3v) is 3.22. The van der Waals surface area contributed by atoms with Gasteiger partial charge in [-0.15, -0.1) is 5.10 Å². The Morgan fingerprint density at radius 2 is 1.95 bits per heavy atom. The fraction of sp³-hybridized carbons (Fsp3) is 0.0625. The lowest BCUT2D eigenvalue weighted by molar-refractivity contribution is 0.111. The van der Waals surface area contributed by atoms with Gasteiger partial charge >= 0.3 is 0 Å². The van der Waals surface area contributed by atoms with Crippen molar-refractivity contribution in [3.8, 4) is 22.7 Å². The molecule has 0 radical (unpaired) electrons. The van der Waals surface area contributed by atoms with E-state index in [-0.39, 0.29) is 11.5 Å². The third-order valence-electron chi connectivity index (χ3n) is 3.22. The van der Waals surface area contributed by atoms with Crippen molar-refractivity contribution >= 4 is 6.29 Å². The Labute approximate surface area is 126 Å². The molecule has 0 amide bonds. The van der Waals surface area contributed by atoms with Crippen LogP contribution in [-0.2, 0) is 0 Å². The summed E-state index contributed by atoms with van der Waals surface area (Å²) in [7, 11) is 1.56. The predicted octanol–water partition coefficient (Wildman–Crippen LogP) is 2.89. The van der Waals surface area contributed by atoms with Crippen LogP contribution in [0.4, 0.5) is 4.39 Å². The van der Waals surface area contributed by atoms with E-state index in [1.165, 1.54) is 16.8 Å². The van der Waals surface area contributed by atoms with E-state index >= 15 is 0 Å². The summed E-state index contributed by atoms with van der Waals surface area (Å²) >= 11 is 0. The van der Waals surface area contributed by atoms with Crippen molar-refractivity contribution in [1.29, 1.82) is 0 Å². The number of hydrogen-bond acceptors (Lipinski definition) is 4. The van der Waals surface area contributed by atoms with Crippen molar-refractivity contribution in [2.24, 2.45) is 0 Å². The number of benzene rings is 2. The van der Waals surface area contributed by atoms with Gasteiger partial charge in [0.25, 0.3) is 0 Å². The number of halogens is 1. The summed E-state index contributed by atoms with van der Waals surface area (Å²) in [4.78, 5) is 11.2. The fourth-order valence-electron chi connectivity index (χ4n) is 2.18. The van der Waals surface area contributed by atoms with E-state index in [1.54, 1.807) is 31.4 Å². The van der Waals surface area contributed by atoms with Gasteiger partial charge in [0.15, 0.2) is 12.0 Å². The lowest BCUT2D eigenvalue weighted by atomic mass is 10.1. The van der Waals surface area contributed by atoms with Gasteiger partial charge in [-0.1, -0.05) is 17.3 Å². The molecule has 1 aromatic heterocycles. The van der Waals surface area contributed by atoms with Crippen molar-refractivity contribution in [2.75, 3.05) is 7.11 Å². The van der Waals surface area contributed by atoms with Crippen LogP contribution in [0.15, 0.2) is 48.5 Å². The highest BCUT2D eigenvalue weighted by molar-refractivity contribution is 5.84. The Morgan fingerprint density at radius 3 is 2.64 bits per heavy atom. The normalized spacial score (nSPS) is 10.5. The van der Waals surface area contributed by atoms with Crippen LogP contribution in [-0.4, -0.2) is 28.4 Å². The largest absolute Gasteiger partial charge is 0.497 e. The number of nitrogens with zero attached hydrogens (tertiary/aromatic N) is 3. The highest BCUT2D eigenvalue weighted by atomic mass is 19.1. The zero-order chi connectivity index (χ0) is 15.5. The number of aldehydes is 1. The predicted molar refractivity (Wildman–Crippen MR) is 78.7 cm³/mol. The molecule has 3 rings (SSSR count). The van der Waals surface area contributed by atoms with E-state index in [2.05, 4.69) is 10.3 Å². The van der Waals surface area contributed by atoms with Gasteiger partial charge in [0.2, 0.25) is 0 Å². The molecule has 0 saturated heterocycles. The second-order valence-electron chi connectivity index (χ2n) is 4.56. The molecule has 0 unspecified atom stereocenters. The lowest BCUT2D eigenvalue weighted by Gasteiger charge is -2.08. The number of aromatic nitrogens is 3. The SMILES string of the molecule is COc1cccc(-c2c(C=O)nnn2-c2ccc(F)cc2)c1. The van der Waals surface area contributed by atoms with Gasteiger partial charge < -0.3 is 4.74 Å². The van der Waals surface area contributed by atoms with Crippen LogP contribution in [0.3, 0.4) is 0 Å². The fourth-order valence-corrected chi connectivity index (χ4v) is 2.18. The first-order valence-electron chi connectivity index (χ1n) is 6.54. The van der Waals surface area contributed by atoms with Gasteiger partial charge in [-0.25, -0.2) is 9.07 Å². The van der Waals surface area contributed by atoms with Crippen LogP contribution in [0, 0.1) is 5.82 Å². The molecule has 0 aliphatic heterocycles. The van der Waals surface area contributed by atoms with Crippen LogP contribution in [0.5, 0.6) is 5.75 Å². The van der Waals surface area contributed by atoms with Gasteiger partial charge in [-0.2, -0.15) is 0 Å². The smallest absolute Gasteiger partial charge is 0.172 e. The summed E-state index contributed by atoms with van der Waals surface area (Å²) in [6, 6.07) is 13.0. The van der Waals surface area contributed by atoms with Gasteiger partial charge in [0.05, 0.1) is 12.8 Å². The number of hydrogen-bond donors (Lipinski definition) is 0. The van der Waals surface area contributed by atoms with Gasteiger partial charge in [-0.05, 0) is 36.4 Å². The van der Waals surface area contributed by atoms with Crippen LogP contribution < -0.4 is 4.74 Å². The van der Waals surface area contributed by atoms with Crippen LogP contribution in [0.2, 0.25) is 0 Å². The number of ether oxygens (including phenoxy) is 1. The Kier molecular flexibility index (Phi) is 3.65. The molecule has 110 valence electrons. The van der Waals surface area contributed by atoms with Crippen molar-refractivity contribution in [3.05, 3.63) is 60.0 Å². The summed E-state index contributed by atoms with van der Waals surface area (Å²) in [5.41, 5.74) is 2.08. The van der Waals surface area contributed by atoms with Crippen molar-refractivity contribution in [3.63, 3.8) is 0 Å². The van der Waals surface area contributed by atoms with Crippen LogP contribution in [0.25, 0.3) is 16.9 Å². The Balaban J connectivity index is 2.19.